The van der Waals surface area contributed by atoms with Crippen LogP contribution in [0.1, 0.15) is 40.0 Å². The van der Waals surface area contributed by atoms with Crippen molar-refractivity contribution in [2.45, 2.75) is 40.0 Å². The van der Waals surface area contributed by atoms with Gasteiger partial charge in [-0.25, -0.2) is 0 Å². The van der Waals surface area contributed by atoms with Crippen LogP contribution in [0.4, 0.5) is 0 Å². The first-order chi connectivity index (χ1) is 9.08. The molecule has 0 aliphatic carbocycles. The first-order valence-electron chi connectivity index (χ1n) is 7.48. The van der Waals surface area contributed by atoms with Crippen LogP contribution in [-0.2, 0) is 4.79 Å². The first-order valence-corrected chi connectivity index (χ1v) is 7.48. The fourth-order valence-electron chi connectivity index (χ4n) is 3.05. The summed E-state index contributed by atoms with van der Waals surface area (Å²) in [4.78, 5) is 16.8. The van der Waals surface area contributed by atoms with Crippen LogP contribution in [0.5, 0.6) is 0 Å². The topological polar surface area (TPSA) is 23.6 Å². The van der Waals surface area contributed by atoms with Crippen molar-refractivity contribution in [3.05, 3.63) is 23.4 Å². The maximum absolute atomic E-state index is 12.4. The van der Waals surface area contributed by atoms with Gasteiger partial charge in [0, 0.05) is 18.8 Å². The van der Waals surface area contributed by atoms with Crippen molar-refractivity contribution >= 4 is 5.91 Å². The van der Waals surface area contributed by atoms with Gasteiger partial charge >= 0.3 is 0 Å². The van der Waals surface area contributed by atoms with Crippen LogP contribution in [-0.4, -0.2) is 41.9 Å². The van der Waals surface area contributed by atoms with Gasteiger partial charge in [-0.2, -0.15) is 0 Å². The van der Waals surface area contributed by atoms with E-state index in [4.69, 9.17) is 0 Å². The summed E-state index contributed by atoms with van der Waals surface area (Å²) in [5.74, 6) is 0.234. The Balaban J connectivity index is 1.97. The van der Waals surface area contributed by atoms with Gasteiger partial charge in [0.2, 0.25) is 5.91 Å². The molecule has 0 N–H and O–H groups in total. The smallest absolute Gasteiger partial charge is 0.233 e. The fourth-order valence-corrected chi connectivity index (χ4v) is 3.05. The summed E-state index contributed by atoms with van der Waals surface area (Å²) in [5.41, 5.74) is 2.28. The molecule has 2 rings (SSSR count). The number of hydrogen-bond donors (Lipinski definition) is 0. The number of hydrogen-bond acceptors (Lipinski definition) is 2. The molecule has 2 aliphatic heterocycles. The number of allylic oxidation sites excluding steroid dienone is 3. The second-order valence-electron chi connectivity index (χ2n) is 5.88. The average Bonchev–Trinajstić information content (AvgIpc) is 2.47. The quantitative estimate of drug-likeness (QED) is 0.781. The Morgan fingerprint density at radius 2 is 1.84 bits per heavy atom. The molecule has 1 amide bonds. The van der Waals surface area contributed by atoms with Crippen molar-refractivity contribution in [1.82, 2.24) is 9.80 Å². The van der Waals surface area contributed by atoms with Gasteiger partial charge in [-0.3, -0.25) is 4.79 Å². The summed E-state index contributed by atoms with van der Waals surface area (Å²) in [6, 6.07) is 0. The van der Waals surface area contributed by atoms with Gasteiger partial charge in [0.25, 0.3) is 0 Å². The van der Waals surface area contributed by atoms with Crippen LogP contribution < -0.4 is 0 Å². The van der Waals surface area contributed by atoms with Gasteiger partial charge in [-0.1, -0.05) is 25.0 Å². The first kappa shape index (κ1) is 14.3. The van der Waals surface area contributed by atoms with Crippen molar-refractivity contribution < 1.29 is 4.79 Å². The predicted octanol–water partition coefficient (Wildman–Crippen LogP) is 2.80. The summed E-state index contributed by atoms with van der Waals surface area (Å²) in [5, 5.41) is 0. The highest BCUT2D eigenvalue weighted by atomic mass is 16.2. The van der Waals surface area contributed by atoms with Crippen LogP contribution in [0.25, 0.3) is 0 Å². The Morgan fingerprint density at radius 1 is 1.16 bits per heavy atom. The summed E-state index contributed by atoms with van der Waals surface area (Å²) in [6.07, 6.45) is 8.15. The molecule has 0 radical (unpaired) electrons. The highest BCUT2D eigenvalue weighted by Gasteiger charge is 2.23. The lowest BCUT2D eigenvalue weighted by atomic mass is 10.1. The monoisotopic (exact) mass is 262 g/mol. The van der Waals surface area contributed by atoms with Crippen molar-refractivity contribution in [2.24, 2.45) is 5.92 Å². The maximum Gasteiger partial charge on any atom is 0.233 e. The number of piperidine rings is 1. The van der Waals surface area contributed by atoms with Crippen LogP contribution in [0.3, 0.4) is 0 Å². The van der Waals surface area contributed by atoms with Crippen LogP contribution in [0.2, 0.25) is 0 Å². The van der Waals surface area contributed by atoms with Gasteiger partial charge < -0.3 is 9.80 Å². The van der Waals surface area contributed by atoms with E-state index in [0.29, 0.717) is 0 Å². The molecule has 2 aliphatic rings. The molecular formula is C16H26N2O. The predicted molar refractivity (Wildman–Crippen MR) is 78.7 cm³/mol. The lowest BCUT2D eigenvalue weighted by Gasteiger charge is -2.30. The van der Waals surface area contributed by atoms with Gasteiger partial charge in [0.1, 0.15) is 0 Å². The third-order valence-electron chi connectivity index (χ3n) is 4.12. The summed E-state index contributed by atoms with van der Waals surface area (Å²) < 4.78 is 0. The molecule has 0 unspecified atom stereocenters. The lowest BCUT2D eigenvalue weighted by molar-refractivity contribution is -0.131. The lowest BCUT2D eigenvalue weighted by Crippen LogP contribution is -2.40. The van der Waals surface area contributed by atoms with E-state index in [9.17, 15) is 4.79 Å². The fraction of sp³-hybridized carbons (Fsp3) is 0.688. The van der Waals surface area contributed by atoms with E-state index in [0.717, 1.165) is 18.8 Å². The molecule has 1 atom stereocenters. The minimum absolute atomic E-state index is 0.00458. The van der Waals surface area contributed by atoms with E-state index in [1.54, 1.807) is 0 Å². The van der Waals surface area contributed by atoms with E-state index < -0.39 is 0 Å². The molecule has 0 bridgehead atoms. The standard InChI is InChI=1S/C16H26N2O/c1-13-11-14(2)16(19)18(15(3)12-13)10-9-17-7-5-4-6-8-17/h11-12,14H,4-10H2,1-3H3/t14-/m1/s1. The number of carbonyl (C=O) groups excluding carboxylic acids is 1. The zero-order valence-corrected chi connectivity index (χ0v) is 12.5. The van der Waals surface area contributed by atoms with Crippen molar-refractivity contribution in [2.75, 3.05) is 26.2 Å². The summed E-state index contributed by atoms with van der Waals surface area (Å²) in [6.45, 7) is 10.3. The molecule has 3 heteroatoms. The Kier molecular flexibility index (Phi) is 4.81. The van der Waals surface area contributed by atoms with Crippen molar-refractivity contribution in [3.63, 3.8) is 0 Å². The second kappa shape index (κ2) is 6.38. The minimum Gasteiger partial charge on any atom is -0.315 e. The van der Waals surface area contributed by atoms with E-state index in [1.165, 1.54) is 37.9 Å². The zero-order valence-electron chi connectivity index (χ0n) is 12.5. The second-order valence-corrected chi connectivity index (χ2v) is 5.88. The highest BCUT2D eigenvalue weighted by molar-refractivity contribution is 5.82. The largest absolute Gasteiger partial charge is 0.315 e. The molecule has 0 aromatic rings. The molecule has 0 aromatic heterocycles. The number of nitrogens with zero attached hydrogens (tertiary/aromatic N) is 2. The SMILES string of the molecule is CC1=C[C@@H](C)C(=O)N(CCN2CCCCC2)C(C)=C1. The molecule has 2 heterocycles. The van der Waals surface area contributed by atoms with E-state index in [2.05, 4.69) is 24.0 Å². The van der Waals surface area contributed by atoms with E-state index >= 15 is 0 Å². The summed E-state index contributed by atoms with van der Waals surface area (Å²) >= 11 is 0. The number of carbonyl (C=O) groups is 1. The van der Waals surface area contributed by atoms with Crippen molar-refractivity contribution in [3.8, 4) is 0 Å². The molecule has 0 spiro atoms. The van der Waals surface area contributed by atoms with Crippen LogP contribution in [0.15, 0.2) is 23.4 Å². The maximum atomic E-state index is 12.4. The summed E-state index contributed by atoms with van der Waals surface area (Å²) in [7, 11) is 0. The molecule has 1 saturated heterocycles. The van der Waals surface area contributed by atoms with Crippen LogP contribution >= 0.6 is 0 Å². The Bertz CT molecular complexity index is 392. The van der Waals surface area contributed by atoms with Gasteiger partial charge in [0.15, 0.2) is 0 Å². The molecule has 19 heavy (non-hydrogen) atoms. The van der Waals surface area contributed by atoms with E-state index in [-0.39, 0.29) is 11.8 Å². The number of likely N-dealkylation sites (tertiary alicyclic amines) is 1. The zero-order chi connectivity index (χ0) is 13.8. The molecular weight excluding hydrogens is 236 g/mol. The van der Waals surface area contributed by atoms with Gasteiger partial charge in [-0.05, 0) is 45.9 Å². The van der Waals surface area contributed by atoms with Crippen LogP contribution in [0, 0.1) is 5.92 Å². The van der Waals surface area contributed by atoms with Gasteiger partial charge in [-0.15, -0.1) is 0 Å². The Labute approximate surface area is 117 Å². The third kappa shape index (κ3) is 3.69. The molecule has 3 nitrogen and oxygen atoms in total. The number of rotatable bonds is 3. The minimum atomic E-state index is -0.00458. The molecule has 106 valence electrons. The molecule has 1 fully saturated rings. The van der Waals surface area contributed by atoms with Crippen molar-refractivity contribution in [1.29, 1.82) is 0 Å². The number of amides is 1. The molecule has 0 saturated carbocycles. The highest BCUT2D eigenvalue weighted by Crippen LogP contribution is 2.19. The normalized spacial score (nSPS) is 25.9. The third-order valence-corrected chi connectivity index (χ3v) is 4.12. The average molecular weight is 262 g/mol. The van der Waals surface area contributed by atoms with Gasteiger partial charge in [0.05, 0.1) is 5.92 Å². The van der Waals surface area contributed by atoms with E-state index in [1.807, 2.05) is 18.7 Å². The Hall–Kier alpha value is -1.09. The Morgan fingerprint density at radius 3 is 2.53 bits per heavy atom. The molecule has 0 aromatic carbocycles.